The van der Waals surface area contributed by atoms with Crippen LogP contribution in [-0.4, -0.2) is 11.8 Å². The van der Waals surface area contributed by atoms with E-state index in [9.17, 15) is 14.0 Å². The van der Waals surface area contributed by atoms with Crippen LogP contribution in [0.25, 0.3) is 0 Å². The highest BCUT2D eigenvalue weighted by Gasteiger charge is 2.41. The molecule has 1 N–H and O–H groups in total. The number of benzene rings is 3. The second kappa shape index (κ2) is 8.40. The van der Waals surface area contributed by atoms with E-state index in [-0.39, 0.29) is 16.3 Å². The molecule has 0 saturated heterocycles. The van der Waals surface area contributed by atoms with Gasteiger partial charge in [0.15, 0.2) is 0 Å². The summed E-state index contributed by atoms with van der Waals surface area (Å²) < 4.78 is 14.4. The van der Waals surface area contributed by atoms with Crippen molar-refractivity contribution in [1.82, 2.24) is 0 Å². The molecule has 0 atom stereocenters. The number of aryl methyl sites for hydroxylation is 3. The standard InChI is InChI=1S/C25H21FN2O2S/c1-15-8-12-19(13-9-15)31-23-22(27-18-11-10-16(2)17(3)14-18)24(29)28(25(23)30)21-7-5-4-6-20(21)26/h4-14,27H,1-3H3. The summed E-state index contributed by atoms with van der Waals surface area (Å²) in [6, 6.07) is 19.2. The Morgan fingerprint density at radius 3 is 2.23 bits per heavy atom. The van der Waals surface area contributed by atoms with Gasteiger partial charge in [0.25, 0.3) is 11.8 Å². The fraction of sp³-hybridized carbons (Fsp3) is 0.120. The summed E-state index contributed by atoms with van der Waals surface area (Å²) in [6.07, 6.45) is 0. The van der Waals surface area contributed by atoms with Crippen LogP contribution in [0.3, 0.4) is 0 Å². The number of anilines is 2. The van der Waals surface area contributed by atoms with E-state index >= 15 is 0 Å². The highest BCUT2D eigenvalue weighted by atomic mass is 32.2. The molecule has 1 aliphatic heterocycles. The number of nitrogens with zero attached hydrogens (tertiary/aromatic N) is 1. The van der Waals surface area contributed by atoms with E-state index in [0.29, 0.717) is 5.69 Å². The molecule has 2 amide bonds. The third-order valence-electron chi connectivity index (χ3n) is 5.15. The Morgan fingerprint density at radius 1 is 0.839 bits per heavy atom. The molecule has 4 rings (SSSR count). The fourth-order valence-electron chi connectivity index (χ4n) is 3.25. The molecule has 0 unspecified atom stereocenters. The van der Waals surface area contributed by atoms with Gasteiger partial charge in [0.05, 0.1) is 5.69 Å². The van der Waals surface area contributed by atoms with Gasteiger partial charge in [0.2, 0.25) is 0 Å². The second-order valence-electron chi connectivity index (χ2n) is 7.44. The van der Waals surface area contributed by atoms with Crippen LogP contribution in [-0.2, 0) is 9.59 Å². The Balaban J connectivity index is 1.77. The molecule has 31 heavy (non-hydrogen) atoms. The summed E-state index contributed by atoms with van der Waals surface area (Å²) in [5, 5.41) is 3.11. The molecule has 0 saturated carbocycles. The van der Waals surface area contributed by atoms with Crippen LogP contribution >= 0.6 is 11.8 Å². The van der Waals surface area contributed by atoms with Crippen molar-refractivity contribution >= 4 is 35.0 Å². The number of para-hydroxylation sites is 1. The Bertz CT molecular complexity index is 1220. The quantitative estimate of drug-likeness (QED) is 0.523. The van der Waals surface area contributed by atoms with Crippen molar-refractivity contribution in [3.63, 3.8) is 0 Å². The van der Waals surface area contributed by atoms with Crippen LogP contribution in [0.1, 0.15) is 16.7 Å². The highest BCUT2D eigenvalue weighted by molar-refractivity contribution is 8.04. The zero-order chi connectivity index (χ0) is 22.1. The Labute approximate surface area is 184 Å². The Hall–Kier alpha value is -3.38. The molecule has 1 heterocycles. The first-order valence-electron chi connectivity index (χ1n) is 9.81. The summed E-state index contributed by atoms with van der Waals surface area (Å²) >= 11 is 1.19. The van der Waals surface area contributed by atoms with Crippen molar-refractivity contribution in [3.8, 4) is 0 Å². The lowest BCUT2D eigenvalue weighted by molar-refractivity contribution is -0.120. The third-order valence-corrected chi connectivity index (χ3v) is 6.24. The average Bonchev–Trinajstić information content (AvgIpc) is 2.97. The number of amides is 2. The number of hydrogen-bond acceptors (Lipinski definition) is 4. The van der Waals surface area contributed by atoms with Gasteiger partial charge >= 0.3 is 0 Å². The maximum atomic E-state index is 14.4. The van der Waals surface area contributed by atoms with Crippen molar-refractivity contribution in [1.29, 1.82) is 0 Å². The van der Waals surface area contributed by atoms with Crippen molar-refractivity contribution in [3.05, 3.63) is 99.8 Å². The molecule has 0 spiro atoms. The molecule has 3 aromatic carbocycles. The predicted octanol–water partition coefficient (Wildman–Crippen LogP) is 5.74. The summed E-state index contributed by atoms with van der Waals surface area (Å²) in [7, 11) is 0. The molecule has 0 radical (unpaired) electrons. The van der Waals surface area contributed by atoms with Gasteiger partial charge in [0.1, 0.15) is 16.4 Å². The lowest BCUT2D eigenvalue weighted by atomic mass is 10.1. The minimum absolute atomic E-state index is 0.0589. The van der Waals surface area contributed by atoms with Crippen LogP contribution in [0.4, 0.5) is 15.8 Å². The number of thioether (sulfide) groups is 1. The zero-order valence-corrected chi connectivity index (χ0v) is 18.2. The van der Waals surface area contributed by atoms with Crippen LogP contribution < -0.4 is 10.2 Å². The molecular formula is C25H21FN2O2S. The maximum absolute atomic E-state index is 14.4. The van der Waals surface area contributed by atoms with Gasteiger partial charge in [-0.15, -0.1) is 0 Å². The van der Waals surface area contributed by atoms with Crippen LogP contribution in [0.2, 0.25) is 0 Å². The topological polar surface area (TPSA) is 49.4 Å². The molecule has 0 bridgehead atoms. The molecule has 156 valence electrons. The van der Waals surface area contributed by atoms with Crippen molar-refractivity contribution in [2.75, 3.05) is 10.2 Å². The smallest absolute Gasteiger partial charge is 0.283 e. The zero-order valence-electron chi connectivity index (χ0n) is 17.4. The predicted molar refractivity (Wildman–Crippen MR) is 122 cm³/mol. The average molecular weight is 433 g/mol. The van der Waals surface area contributed by atoms with Crippen LogP contribution in [0.5, 0.6) is 0 Å². The number of nitrogens with one attached hydrogen (secondary N) is 1. The third kappa shape index (κ3) is 4.11. The van der Waals surface area contributed by atoms with E-state index in [1.165, 1.54) is 30.0 Å². The number of carbonyl (C=O) groups excluding carboxylic acids is 2. The van der Waals surface area contributed by atoms with E-state index < -0.39 is 17.6 Å². The van der Waals surface area contributed by atoms with E-state index in [2.05, 4.69) is 5.32 Å². The van der Waals surface area contributed by atoms with E-state index in [4.69, 9.17) is 0 Å². The van der Waals surface area contributed by atoms with Gasteiger partial charge in [-0.25, -0.2) is 9.29 Å². The largest absolute Gasteiger partial charge is 0.350 e. The van der Waals surface area contributed by atoms with Gasteiger partial charge in [-0.2, -0.15) is 0 Å². The summed E-state index contributed by atoms with van der Waals surface area (Å²) in [4.78, 5) is 28.5. The van der Waals surface area contributed by atoms with Gasteiger partial charge in [-0.3, -0.25) is 9.59 Å². The van der Waals surface area contributed by atoms with Crippen molar-refractivity contribution in [2.24, 2.45) is 0 Å². The lowest BCUT2D eigenvalue weighted by Gasteiger charge is -2.16. The minimum atomic E-state index is -0.628. The van der Waals surface area contributed by atoms with Gasteiger partial charge in [-0.1, -0.05) is 47.7 Å². The minimum Gasteiger partial charge on any atom is -0.350 e. The van der Waals surface area contributed by atoms with Crippen molar-refractivity contribution in [2.45, 2.75) is 25.7 Å². The highest BCUT2D eigenvalue weighted by Crippen LogP contribution is 2.38. The van der Waals surface area contributed by atoms with E-state index in [0.717, 1.165) is 26.5 Å². The molecular weight excluding hydrogens is 411 g/mol. The SMILES string of the molecule is Cc1ccc(SC2=C(Nc3ccc(C)c(C)c3)C(=O)N(c3ccccc3F)C2=O)cc1. The number of imide groups is 1. The fourth-order valence-corrected chi connectivity index (χ4v) is 4.18. The van der Waals surface area contributed by atoms with Crippen molar-refractivity contribution < 1.29 is 14.0 Å². The number of rotatable bonds is 5. The Morgan fingerprint density at radius 2 is 1.55 bits per heavy atom. The van der Waals surface area contributed by atoms with E-state index in [1.807, 2.05) is 63.2 Å². The molecule has 6 heteroatoms. The Kier molecular flexibility index (Phi) is 5.65. The normalized spacial score (nSPS) is 13.9. The summed E-state index contributed by atoms with van der Waals surface area (Å²) in [5.74, 6) is -1.76. The number of halogens is 1. The van der Waals surface area contributed by atoms with Crippen LogP contribution in [0, 0.1) is 26.6 Å². The van der Waals surface area contributed by atoms with Crippen LogP contribution in [0.15, 0.2) is 82.2 Å². The second-order valence-corrected chi connectivity index (χ2v) is 8.52. The number of carbonyl (C=O) groups is 2. The first kappa shape index (κ1) is 20.9. The number of hydrogen-bond donors (Lipinski definition) is 1. The first-order chi connectivity index (χ1) is 14.8. The molecule has 1 aliphatic rings. The molecule has 4 nitrogen and oxygen atoms in total. The van der Waals surface area contributed by atoms with Gasteiger partial charge in [-0.05, 0) is 68.3 Å². The molecule has 0 aromatic heterocycles. The molecule has 0 aliphatic carbocycles. The van der Waals surface area contributed by atoms with E-state index in [1.54, 1.807) is 6.07 Å². The maximum Gasteiger partial charge on any atom is 0.283 e. The van der Waals surface area contributed by atoms with Gasteiger partial charge in [0, 0.05) is 10.6 Å². The summed E-state index contributed by atoms with van der Waals surface area (Å²) in [6.45, 7) is 5.95. The summed E-state index contributed by atoms with van der Waals surface area (Å²) in [5.41, 5.74) is 4.04. The van der Waals surface area contributed by atoms with Gasteiger partial charge < -0.3 is 5.32 Å². The lowest BCUT2D eigenvalue weighted by Crippen LogP contribution is -2.33. The monoisotopic (exact) mass is 432 g/mol. The first-order valence-corrected chi connectivity index (χ1v) is 10.6. The molecule has 3 aromatic rings. The molecule has 0 fully saturated rings.